The summed E-state index contributed by atoms with van der Waals surface area (Å²) in [4.78, 5) is 35.2. The number of aryl methyl sites for hydroxylation is 3. The van der Waals surface area contributed by atoms with Crippen molar-refractivity contribution in [3.05, 3.63) is 57.5 Å². The van der Waals surface area contributed by atoms with Crippen LogP contribution in [0.2, 0.25) is 0 Å². The highest BCUT2D eigenvalue weighted by atomic mass is 16.5. The second-order valence-electron chi connectivity index (χ2n) is 6.69. The van der Waals surface area contributed by atoms with Crippen LogP contribution in [0.4, 0.5) is 0 Å². The first-order valence-corrected chi connectivity index (χ1v) is 8.80. The molecule has 2 aromatic rings. The third kappa shape index (κ3) is 3.99. The van der Waals surface area contributed by atoms with Gasteiger partial charge in [-0.1, -0.05) is 0 Å². The van der Waals surface area contributed by atoms with E-state index in [9.17, 15) is 9.59 Å². The van der Waals surface area contributed by atoms with Crippen LogP contribution >= 0.6 is 0 Å². The van der Waals surface area contributed by atoms with Gasteiger partial charge in [-0.15, -0.1) is 0 Å². The molecule has 1 amide bonds. The highest BCUT2D eigenvalue weighted by Gasteiger charge is 2.26. The maximum absolute atomic E-state index is 12.8. The summed E-state index contributed by atoms with van der Waals surface area (Å²) in [5, 5.41) is 0. The SMILES string of the molecule is Cc1cc(CC[C@@H]2CN(C(=O)c3ccc(C)n(C)c3=O)CCO2)ncn1. The van der Waals surface area contributed by atoms with Crippen molar-refractivity contribution in [1.82, 2.24) is 19.4 Å². The Labute approximate surface area is 152 Å². The Morgan fingerprint density at radius 2 is 2.12 bits per heavy atom. The molecule has 0 aliphatic carbocycles. The van der Waals surface area contributed by atoms with Crippen molar-refractivity contribution in [2.75, 3.05) is 19.7 Å². The van der Waals surface area contributed by atoms with E-state index in [4.69, 9.17) is 4.74 Å². The number of hydrogen-bond donors (Lipinski definition) is 0. The fourth-order valence-corrected chi connectivity index (χ4v) is 3.09. The molecule has 0 spiro atoms. The Kier molecular flexibility index (Phi) is 5.46. The number of ether oxygens (including phenoxy) is 1. The molecule has 7 nitrogen and oxygen atoms in total. The predicted octanol–water partition coefficient (Wildman–Crippen LogP) is 1.27. The summed E-state index contributed by atoms with van der Waals surface area (Å²) >= 11 is 0. The second-order valence-corrected chi connectivity index (χ2v) is 6.69. The maximum atomic E-state index is 12.8. The van der Waals surface area contributed by atoms with E-state index in [2.05, 4.69) is 9.97 Å². The molecule has 138 valence electrons. The van der Waals surface area contributed by atoms with E-state index in [1.165, 1.54) is 4.57 Å². The van der Waals surface area contributed by atoms with Crippen LogP contribution in [0.1, 0.15) is 33.9 Å². The summed E-state index contributed by atoms with van der Waals surface area (Å²) in [6.07, 6.45) is 3.04. The number of carbonyl (C=O) groups is 1. The van der Waals surface area contributed by atoms with Gasteiger partial charge in [0.2, 0.25) is 0 Å². The summed E-state index contributed by atoms with van der Waals surface area (Å²) in [7, 11) is 1.68. The second kappa shape index (κ2) is 7.78. The average molecular weight is 356 g/mol. The van der Waals surface area contributed by atoms with E-state index in [0.717, 1.165) is 29.9 Å². The molecular formula is C19H24N4O3. The van der Waals surface area contributed by atoms with E-state index in [-0.39, 0.29) is 23.1 Å². The van der Waals surface area contributed by atoms with Gasteiger partial charge in [0.15, 0.2) is 0 Å². The van der Waals surface area contributed by atoms with Crippen molar-refractivity contribution in [2.45, 2.75) is 32.8 Å². The lowest BCUT2D eigenvalue weighted by Crippen LogP contribution is -2.47. The van der Waals surface area contributed by atoms with Crippen LogP contribution in [-0.2, 0) is 18.2 Å². The molecule has 1 aliphatic rings. The van der Waals surface area contributed by atoms with Crippen molar-refractivity contribution in [2.24, 2.45) is 7.05 Å². The van der Waals surface area contributed by atoms with E-state index in [1.54, 1.807) is 30.4 Å². The summed E-state index contributed by atoms with van der Waals surface area (Å²) in [6.45, 7) is 5.24. The first-order chi connectivity index (χ1) is 12.5. The maximum Gasteiger partial charge on any atom is 0.263 e. The molecule has 3 heterocycles. The molecule has 3 rings (SSSR count). The molecule has 1 atom stereocenters. The first kappa shape index (κ1) is 18.3. The van der Waals surface area contributed by atoms with Crippen molar-refractivity contribution < 1.29 is 9.53 Å². The molecule has 26 heavy (non-hydrogen) atoms. The van der Waals surface area contributed by atoms with Gasteiger partial charge in [0.25, 0.3) is 11.5 Å². The zero-order valence-corrected chi connectivity index (χ0v) is 15.4. The van der Waals surface area contributed by atoms with Gasteiger partial charge in [-0.25, -0.2) is 9.97 Å². The Hall–Kier alpha value is -2.54. The van der Waals surface area contributed by atoms with Gasteiger partial charge in [-0.3, -0.25) is 9.59 Å². The molecule has 1 fully saturated rings. The quantitative estimate of drug-likeness (QED) is 0.824. The molecule has 0 aromatic carbocycles. The van der Waals surface area contributed by atoms with Crippen LogP contribution in [0, 0.1) is 13.8 Å². The molecule has 7 heteroatoms. The molecule has 0 radical (unpaired) electrons. The summed E-state index contributed by atoms with van der Waals surface area (Å²) in [6, 6.07) is 5.37. The topological polar surface area (TPSA) is 77.3 Å². The highest BCUT2D eigenvalue weighted by Crippen LogP contribution is 2.14. The largest absolute Gasteiger partial charge is 0.375 e. The minimum absolute atomic E-state index is 0.0581. The monoisotopic (exact) mass is 356 g/mol. The zero-order valence-electron chi connectivity index (χ0n) is 15.4. The summed E-state index contributed by atoms with van der Waals surface area (Å²) < 4.78 is 7.30. The van der Waals surface area contributed by atoms with Crippen molar-refractivity contribution in [1.29, 1.82) is 0 Å². The van der Waals surface area contributed by atoms with Gasteiger partial charge >= 0.3 is 0 Å². The number of carbonyl (C=O) groups excluding carboxylic acids is 1. The van der Waals surface area contributed by atoms with Crippen molar-refractivity contribution in [3.63, 3.8) is 0 Å². The number of aromatic nitrogens is 3. The van der Waals surface area contributed by atoms with Crippen molar-refractivity contribution in [3.8, 4) is 0 Å². The lowest BCUT2D eigenvalue weighted by Gasteiger charge is -2.33. The van der Waals surface area contributed by atoms with Crippen molar-refractivity contribution >= 4 is 5.91 Å². The van der Waals surface area contributed by atoms with Crippen LogP contribution in [0.3, 0.4) is 0 Å². The Morgan fingerprint density at radius 3 is 2.88 bits per heavy atom. The Bertz CT molecular complexity index is 862. The van der Waals surface area contributed by atoms with Gasteiger partial charge in [0.1, 0.15) is 11.9 Å². The van der Waals surface area contributed by atoms with Gasteiger partial charge < -0.3 is 14.2 Å². The average Bonchev–Trinajstić information content (AvgIpc) is 2.64. The van der Waals surface area contributed by atoms with Gasteiger partial charge in [-0.2, -0.15) is 0 Å². The normalized spacial score (nSPS) is 17.3. The van der Waals surface area contributed by atoms with Crippen LogP contribution < -0.4 is 5.56 Å². The van der Waals surface area contributed by atoms with E-state index >= 15 is 0 Å². The molecule has 1 saturated heterocycles. The molecule has 0 saturated carbocycles. The third-order valence-electron chi connectivity index (χ3n) is 4.79. The first-order valence-electron chi connectivity index (χ1n) is 8.80. The molecule has 0 bridgehead atoms. The third-order valence-corrected chi connectivity index (χ3v) is 4.79. The Balaban J connectivity index is 1.65. The van der Waals surface area contributed by atoms with Crippen LogP contribution in [0.5, 0.6) is 0 Å². The molecular weight excluding hydrogens is 332 g/mol. The lowest BCUT2D eigenvalue weighted by atomic mass is 10.1. The number of pyridine rings is 1. The van der Waals surface area contributed by atoms with E-state index in [1.807, 2.05) is 19.9 Å². The number of hydrogen-bond acceptors (Lipinski definition) is 5. The predicted molar refractivity (Wildman–Crippen MR) is 97.2 cm³/mol. The van der Waals surface area contributed by atoms with E-state index < -0.39 is 0 Å². The zero-order chi connectivity index (χ0) is 18.7. The number of amides is 1. The molecule has 0 unspecified atom stereocenters. The van der Waals surface area contributed by atoms with Gasteiger partial charge in [0.05, 0.1) is 12.7 Å². The van der Waals surface area contributed by atoms with Crippen LogP contribution in [-0.4, -0.2) is 51.1 Å². The van der Waals surface area contributed by atoms with Crippen LogP contribution in [0.15, 0.2) is 29.3 Å². The Morgan fingerprint density at radius 1 is 1.31 bits per heavy atom. The van der Waals surface area contributed by atoms with Crippen LogP contribution in [0.25, 0.3) is 0 Å². The standard InChI is InChI=1S/C19H24N4O3/c1-13-10-15(21-12-20-13)5-6-16-11-23(8-9-26-16)19(25)17-7-4-14(2)22(3)18(17)24/h4,7,10,12,16H,5-6,8-9,11H2,1-3H3/t16-/m1/s1. The fourth-order valence-electron chi connectivity index (χ4n) is 3.09. The lowest BCUT2D eigenvalue weighted by molar-refractivity contribution is -0.0247. The van der Waals surface area contributed by atoms with Gasteiger partial charge in [0, 0.05) is 37.2 Å². The smallest absolute Gasteiger partial charge is 0.263 e. The molecule has 1 aliphatic heterocycles. The number of morpholine rings is 1. The molecule has 0 N–H and O–H groups in total. The number of rotatable bonds is 4. The summed E-state index contributed by atoms with van der Waals surface area (Å²) in [5.74, 6) is -0.225. The highest BCUT2D eigenvalue weighted by molar-refractivity contribution is 5.94. The molecule has 2 aromatic heterocycles. The van der Waals surface area contributed by atoms with Gasteiger partial charge in [-0.05, 0) is 44.9 Å². The minimum Gasteiger partial charge on any atom is -0.375 e. The fraction of sp³-hybridized carbons (Fsp3) is 0.474. The number of nitrogens with zero attached hydrogens (tertiary/aromatic N) is 4. The minimum atomic E-state index is -0.255. The summed E-state index contributed by atoms with van der Waals surface area (Å²) in [5.41, 5.74) is 2.69. The van der Waals surface area contributed by atoms with E-state index in [0.29, 0.717) is 19.7 Å².